The number of rotatable bonds is 5. The first-order valence-corrected chi connectivity index (χ1v) is 6.77. The van der Waals surface area contributed by atoms with Crippen molar-refractivity contribution in [3.05, 3.63) is 54.1 Å². The van der Waals surface area contributed by atoms with Crippen molar-refractivity contribution < 1.29 is 14.3 Å². The molecule has 0 saturated heterocycles. The van der Waals surface area contributed by atoms with Gasteiger partial charge in [0.2, 0.25) is 0 Å². The van der Waals surface area contributed by atoms with Crippen LogP contribution in [-0.2, 0) is 4.79 Å². The largest absolute Gasteiger partial charge is 0.497 e. The van der Waals surface area contributed by atoms with Crippen LogP contribution in [0.2, 0.25) is 0 Å². The highest BCUT2D eigenvalue weighted by atomic mass is 16.5. The lowest BCUT2D eigenvalue weighted by Crippen LogP contribution is -2.30. The Kier molecular flexibility index (Phi) is 4.82. The maximum absolute atomic E-state index is 12.1. The zero-order valence-corrected chi connectivity index (χ0v) is 12.4. The predicted octanol–water partition coefficient (Wildman–Crippen LogP) is 3.41. The minimum absolute atomic E-state index is 0.204. The number of carbonyl (C=O) groups excluding carboxylic acids is 1. The number of nitrogens with one attached hydrogen (secondary N) is 1. The van der Waals surface area contributed by atoms with Crippen molar-refractivity contribution in [2.45, 2.75) is 20.0 Å². The van der Waals surface area contributed by atoms with Gasteiger partial charge < -0.3 is 14.8 Å². The summed E-state index contributed by atoms with van der Waals surface area (Å²) < 4.78 is 10.8. The maximum Gasteiger partial charge on any atom is 0.265 e. The molecule has 1 amide bonds. The highest BCUT2D eigenvalue weighted by Gasteiger charge is 2.15. The SMILES string of the molecule is COc1cccc(NC(=O)[C@H](C)Oc2cccc(C)c2)c1. The monoisotopic (exact) mass is 285 g/mol. The Morgan fingerprint density at radius 2 is 1.81 bits per heavy atom. The van der Waals surface area contributed by atoms with E-state index in [2.05, 4.69) is 5.32 Å². The van der Waals surface area contributed by atoms with E-state index in [4.69, 9.17) is 9.47 Å². The third-order valence-electron chi connectivity index (χ3n) is 3.01. The molecule has 2 rings (SSSR count). The van der Waals surface area contributed by atoms with E-state index in [1.54, 1.807) is 26.2 Å². The quantitative estimate of drug-likeness (QED) is 0.915. The zero-order chi connectivity index (χ0) is 15.2. The fourth-order valence-electron chi connectivity index (χ4n) is 1.89. The average molecular weight is 285 g/mol. The fourth-order valence-corrected chi connectivity index (χ4v) is 1.89. The van der Waals surface area contributed by atoms with Crippen LogP contribution in [0.25, 0.3) is 0 Å². The minimum atomic E-state index is -0.585. The van der Waals surface area contributed by atoms with Crippen molar-refractivity contribution in [1.29, 1.82) is 0 Å². The van der Waals surface area contributed by atoms with Crippen molar-refractivity contribution in [3.63, 3.8) is 0 Å². The average Bonchev–Trinajstić information content (AvgIpc) is 2.47. The van der Waals surface area contributed by atoms with Gasteiger partial charge in [0.15, 0.2) is 6.10 Å². The van der Waals surface area contributed by atoms with Gasteiger partial charge in [-0.3, -0.25) is 4.79 Å². The van der Waals surface area contributed by atoms with Gasteiger partial charge in [-0.25, -0.2) is 0 Å². The van der Waals surface area contributed by atoms with E-state index in [0.29, 0.717) is 17.2 Å². The lowest BCUT2D eigenvalue weighted by Gasteiger charge is -2.15. The Bertz CT molecular complexity index is 625. The first-order valence-electron chi connectivity index (χ1n) is 6.77. The van der Waals surface area contributed by atoms with Crippen molar-refractivity contribution in [3.8, 4) is 11.5 Å². The van der Waals surface area contributed by atoms with Gasteiger partial charge >= 0.3 is 0 Å². The molecule has 0 aliphatic rings. The van der Waals surface area contributed by atoms with E-state index in [-0.39, 0.29) is 5.91 Å². The van der Waals surface area contributed by atoms with Crippen LogP contribution in [0.1, 0.15) is 12.5 Å². The molecule has 0 radical (unpaired) electrons. The van der Waals surface area contributed by atoms with Crippen LogP contribution in [0.5, 0.6) is 11.5 Å². The number of carbonyl (C=O) groups is 1. The molecule has 4 nitrogen and oxygen atoms in total. The maximum atomic E-state index is 12.1. The summed E-state index contributed by atoms with van der Waals surface area (Å²) in [5, 5.41) is 2.81. The minimum Gasteiger partial charge on any atom is -0.497 e. The van der Waals surface area contributed by atoms with Crippen LogP contribution < -0.4 is 14.8 Å². The Balaban J connectivity index is 1.99. The van der Waals surface area contributed by atoms with Crippen molar-refractivity contribution in [1.82, 2.24) is 0 Å². The number of aryl methyl sites for hydroxylation is 1. The van der Waals surface area contributed by atoms with Gasteiger partial charge in [-0.1, -0.05) is 18.2 Å². The van der Waals surface area contributed by atoms with E-state index < -0.39 is 6.10 Å². The Morgan fingerprint density at radius 3 is 2.52 bits per heavy atom. The molecule has 0 fully saturated rings. The number of amides is 1. The smallest absolute Gasteiger partial charge is 0.265 e. The van der Waals surface area contributed by atoms with Gasteiger partial charge in [0, 0.05) is 11.8 Å². The molecule has 0 unspecified atom stereocenters. The van der Waals surface area contributed by atoms with E-state index >= 15 is 0 Å². The lowest BCUT2D eigenvalue weighted by atomic mass is 10.2. The standard InChI is InChI=1S/C17H19NO3/c1-12-6-4-9-16(10-12)21-13(2)17(19)18-14-7-5-8-15(11-14)20-3/h4-11,13H,1-3H3,(H,18,19)/t13-/m0/s1. The molecule has 110 valence electrons. The molecular weight excluding hydrogens is 266 g/mol. The van der Waals surface area contributed by atoms with Crippen LogP contribution in [0.15, 0.2) is 48.5 Å². The van der Waals surface area contributed by atoms with Gasteiger partial charge in [-0.15, -0.1) is 0 Å². The van der Waals surface area contributed by atoms with E-state index in [1.807, 2.05) is 43.3 Å². The molecule has 1 N–H and O–H groups in total. The summed E-state index contributed by atoms with van der Waals surface area (Å²) in [6.45, 7) is 3.70. The molecular formula is C17H19NO3. The van der Waals surface area contributed by atoms with Crippen LogP contribution in [0.3, 0.4) is 0 Å². The Hall–Kier alpha value is -2.49. The van der Waals surface area contributed by atoms with Gasteiger partial charge in [-0.2, -0.15) is 0 Å². The molecule has 0 aliphatic carbocycles. The van der Waals surface area contributed by atoms with E-state index in [1.165, 1.54) is 0 Å². The van der Waals surface area contributed by atoms with Gasteiger partial charge in [0.1, 0.15) is 11.5 Å². The second-order valence-electron chi connectivity index (χ2n) is 4.80. The number of benzene rings is 2. The number of anilines is 1. The highest BCUT2D eigenvalue weighted by molar-refractivity contribution is 5.94. The third kappa shape index (κ3) is 4.24. The molecule has 0 heterocycles. The second-order valence-corrected chi connectivity index (χ2v) is 4.80. The number of methoxy groups -OCH3 is 1. The Labute approximate surface area is 124 Å². The van der Waals surface area contributed by atoms with Crippen molar-refractivity contribution in [2.24, 2.45) is 0 Å². The molecule has 0 bridgehead atoms. The molecule has 4 heteroatoms. The van der Waals surface area contributed by atoms with E-state index in [0.717, 1.165) is 5.56 Å². The topological polar surface area (TPSA) is 47.6 Å². The van der Waals surface area contributed by atoms with Crippen LogP contribution in [0, 0.1) is 6.92 Å². The normalized spacial score (nSPS) is 11.6. The fraction of sp³-hybridized carbons (Fsp3) is 0.235. The molecule has 2 aromatic rings. The van der Waals surface area contributed by atoms with Gasteiger partial charge in [0.05, 0.1) is 7.11 Å². The summed E-state index contributed by atoms with van der Waals surface area (Å²) in [4.78, 5) is 12.1. The molecule has 21 heavy (non-hydrogen) atoms. The summed E-state index contributed by atoms with van der Waals surface area (Å²) in [5.74, 6) is 1.17. The number of hydrogen-bond acceptors (Lipinski definition) is 3. The van der Waals surface area contributed by atoms with E-state index in [9.17, 15) is 4.79 Å². The van der Waals surface area contributed by atoms with Crippen LogP contribution in [0.4, 0.5) is 5.69 Å². The Morgan fingerprint density at radius 1 is 1.10 bits per heavy atom. The van der Waals surface area contributed by atoms with Gasteiger partial charge in [-0.05, 0) is 43.7 Å². The van der Waals surface area contributed by atoms with Crippen molar-refractivity contribution >= 4 is 11.6 Å². The molecule has 2 aromatic carbocycles. The summed E-state index contributed by atoms with van der Waals surface area (Å²) in [6.07, 6.45) is -0.585. The molecule has 0 aromatic heterocycles. The molecule has 0 saturated carbocycles. The highest BCUT2D eigenvalue weighted by Crippen LogP contribution is 2.18. The number of hydrogen-bond donors (Lipinski definition) is 1. The summed E-state index contributed by atoms with van der Waals surface area (Å²) in [6, 6.07) is 14.8. The predicted molar refractivity (Wildman–Crippen MR) is 82.9 cm³/mol. The van der Waals surface area contributed by atoms with Crippen LogP contribution >= 0.6 is 0 Å². The first kappa shape index (κ1) is 14.9. The zero-order valence-electron chi connectivity index (χ0n) is 12.4. The summed E-state index contributed by atoms with van der Waals surface area (Å²) >= 11 is 0. The summed E-state index contributed by atoms with van der Waals surface area (Å²) in [5.41, 5.74) is 1.77. The molecule has 0 aliphatic heterocycles. The van der Waals surface area contributed by atoms with Gasteiger partial charge in [0.25, 0.3) is 5.91 Å². The second kappa shape index (κ2) is 6.79. The lowest BCUT2D eigenvalue weighted by molar-refractivity contribution is -0.122. The van der Waals surface area contributed by atoms with Crippen LogP contribution in [-0.4, -0.2) is 19.1 Å². The summed E-state index contributed by atoms with van der Waals surface area (Å²) in [7, 11) is 1.59. The molecule has 0 spiro atoms. The number of ether oxygens (including phenoxy) is 2. The molecule has 1 atom stereocenters. The third-order valence-corrected chi connectivity index (χ3v) is 3.01. The first-order chi connectivity index (χ1) is 10.1. The van der Waals surface area contributed by atoms with Crippen molar-refractivity contribution in [2.75, 3.05) is 12.4 Å².